The zero-order chi connectivity index (χ0) is 36.4. The molecule has 0 aromatic heterocycles. The fraction of sp³-hybridized carbons (Fsp3) is 0.342. The van der Waals surface area contributed by atoms with Crippen LogP contribution < -0.4 is 16.0 Å². The van der Waals surface area contributed by atoms with Gasteiger partial charge in [0.2, 0.25) is 0 Å². The van der Waals surface area contributed by atoms with E-state index in [0.717, 1.165) is 62.0 Å². The zero-order valence-corrected chi connectivity index (χ0v) is 30.9. The van der Waals surface area contributed by atoms with Crippen LogP contribution in [0.4, 0.5) is 17.1 Å². The number of sulfonamides is 1. The van der Waals surface area contributed by atoms with E-state index < -0.39 is 14.9 Å². The molecule has 3 N–H and O–H groups in total. The summed E-state index contributed by atoms with van der Waals surface area (Å²) in [5.74, 6) is 0.460. The predicted octanol–water partition coefficient (Wildman–Crippen LogP) is 6.44. The number of ether oxygens (including phenoxy) is 1. The predicted molar refractivity (Wildman–Crippen MR) is 207 cm³/mol. The Labute approximate surface area is 305 Å². The second kappa shape index (κ2) is 17.2. The number of benzene rings is 4. The Kier molecular flexibility index (Phi) is 12.7. The molecule has 0 unspecified atom stereocenters. The monoisotopic (exact) mass is 730 g/mol. The van der Waals surface area contributed by atoms with Crippen molar-refractivity contribution in [2.24, 2.45) is 10.1 Å². The SMILES string of the molecule is COC1(Cc2ccccc2)CCN(c2ccc(/C(N)=N\S(=O)(=O)c3ccc(N[C@H](CCN(C)C)CSc4ccccc4)c([N+](=O)[O-])c3)cc2)CC1. The van der Waals surface area contributed by atoms with Crippen molar-refractivity contribution in [2.45, 2.75) is 47.1 Å². The summed E-state index contributed by atoms with van der Waals surface area (Å²) in [6, 6.07) is 31.2. The number of hydrogen-bond acceptors (Lipinski definition) is 9. The van der Waals surface area contributed by atoms with Gasteiger partial charge in [-0.15, -0.1) is 16.2 Å². The summed E-state index contributed by atoms with van der Waals surface area (Å²) in [5.41, 5.74) is 8.54. The number of amidine groups is 1. The summed E-state index contributed by atoms with van der Waals surface area (Å²) in [6.07, 6.45) is 3.31. The minimum atomic E-state index is -4.35. The highest BCUT2D eigenvalue weighted by Crippen LogP contribution is 2.33. The standard InChI is InChI=1S/C38H46N6O5S2/c1-42(2)23-20-31(28-50-33-12-8-5-9-13-33)40-35-19-18-34(26-36(35)44(45)46)51(47,48)41-37(39)30-14-16-32(17-15-30)43-24-21-38(49-3,22-25-43)27-29-10-6-4-7-11-29/h4-19,26,31,40H,20-25,27-28H2,1-3H3,(H2,39,41)/t31-/m1/s1. The summed E-state index contributed by atoms with van der Waals surface area (Å²) in [6.45, 7) is 2.39. The summed E-state index contributed by atoms with van der Waals surface area (Å²) in [4.78, 5) is 16.7. The number of hydrogen-bond donors (Lipinski definition) is 2. The fourth-order valence-corrected chi connectivity index (χ4v) is 8.12. The number of nitro benzene ring substituents is 1. The minimum absolute atomic E-state index is 0.114. The Balaban J connectivity index is 1.26. The Morgan fingerprint density at radius 3 is 2.27 bits per heavy atom. The van der Waals surface area contributed by atoms with Crippen LogP contribution in [0.1, 0.15) is 30.4 Å². The Morgan fingerprint density at radius 1 is 1.02 bits per heavy atom. The van der Waals surface area contributed by atoms with Gasteiger partial charge in [-0.3, -0.25) is 10.1 Å². The van der Waals surface area contributed by atoms with Crippen LogP contribution in [0.3, 0.4) is 0 Å². The van der Waals surface area contributed by atoms with E-state index in [1.165, 1.54) is 17.7 Å². The molecule has 0 aliphatic carbocycles. The first-order chi connectivity index (χ1) is 24.5. The molecule has 0 spiro atoms. The number of nitrogens with one attached hydrogen (secondary N) is 1. The number of methoxy groups -OCH3 is 1. The summed E-state index contributed by atoms with van der Waals surface area (Å²) in [7, 11) is 1.37. The zero-order valence-electron chi connectivity index (χ0n) is 29.3. The van der Waals surface area contributed by atoms with E-state index in [1.54, 1.807) is 31.0 Å². The first-order valence-electron chi connectivity index (χ1n) is 16.9. The largest absolute Gasteiger partial charge is 0.383 e. The number of nitro groups is 1. The molecule has 0 bridgehead atoms. The van der Waals surface area contributed by atoms with E-state index in [4.69, 9.17) is 10.5 Å². The molecule has 0 saturated carbocycles. The maximum absolute atomic E-state index is 13.4. The van der Waals surface area contributed by atoms with E-state index in [9.17, 15) is 18.5 Å². The maximum Gasteiger partial charge on any atom is 0.293 e. The molecule has 0 amide bonds. The number of anilines is 2. The third-order valence-corrected chi connectivity index (χ3v) is 11.6. The van der Waals surface area contributed by atoms with Crippen LogP contribution >= 0.6 is 11.8 Å². The highest BCUT2D eigenvalue weighted by Gasteiger charge is 2.35. The molecule has 0 radical (unpaired) electrons. The molecule has 4 aromatic carbocycles. The summed E-state index contributed by atoms with van der Waals surface area (Å²) < 4.78 is 36.6. The smallest absolute Gasteiger partial charge is 0.293 e. The molecule has 270 valence electrons. The van der Waals surface area contributed by atoms with Gasteiger partial charge in [-0.05, 0) is 94.0 Å². The number of nitrogens with zero attached hydrogens (tertiary/aromatic N) is 4. The third kappa shape index (κ3) is 10.3. The van der Waals surface area contributed by atoms with E-state index in [2.05, 4.69) is 31.6 Å². The Bertz CT molecular complexity index is 1880. The minimum Gasteiger partial charge on any atom is -0.383 e. The Morgan fingerprint density at radius 2 is 1.67 bits per heavy atom. The van der Waals surface area contributed by atoms with Crippen molar-refractivity contribution < 1.29 is 18.1 Å². The van der Waals surface area contributed by atoms with Crippen LogP contribution in [0.2, 0.25) is 0 Å². The van der Waals surface area contributed by atoms with Gasteiger partial charge in [0.15, 0.2) is 0 Å². The van der Waals surface area contributed by atoms with Crippen LogP contribution in [-0.4, -0.2) is 82.3 Å². The lowest BCUT2D eigenvalue weighted by atomic mass is 9.85. The van der Waals surface area contributed by atoms with Crippen LogP contribution in [0.25, 0.3) is 0 Å². The van der Waals surface area contributed by atoms with Crippen LogP contribution in [0.5, 0.6) is 0 Å². The van der Waals surface area contributed by atoms with E-state index in [-0.39, 0.29) is 33.7 Å². The quantitative estimate of drug-likeness (QED) is 0.0435. The second-order valence-corrected chi connectivity index (χ2v) is 15.7. The third-order valence-electron chi connectivity index (χ3n) is 9.17. The molecule has 51 heavy (non-hydrogen) atoms. The highest BCUT2D eigenvalue weighted by atomic mass is 32.2. The molecule has 5 rings (SSSR count). The number of piperidine rings is 1. The van der Waals surface area contributed by atoms with Gasteiger partial charge >= 0.3 is 0 Å². The van der Waals surface area contributed by atoms with Crippen molar-refractivity contribution in [1.29, 1.82) is 0 Å². The average molecular weight is 731 g/mol. The molecule has 1 atom stereocenters. The average Bonchev–Trinajstić information content (AvgIpc) is 3.13. The maximum atomic E-state index is 13.4. The molecule has 1 heterocycles. The van der Waals surface area contributed by atoms with E-state index >= 15 is 0 Å². The number of rotatable bonds is 16. The molecule has 1 saturated heterocycles. The van der Waals surface area contributed by atoms with Gasteiger partial charge in [0.1, 0.15) is 11.5 Å². The number of nitrogens with two attached hydrogens (primary N) is 1. The van der Waals surface area contributed by atoms with Crippen molar-refractivity contribution >= 4 is 44.7 Å². The topological polar surface area (TPSA) is 143 Å². The van der Waals surface area contributed by atoms with Gasteiger partial charge in [-0.1, -0.05) is 48.5 Å². The van der Waals surface area contributed by atoms with Crippen molar-refractivity contribution in [3.63, 3.8) is 0 Å². The van der Waals surface area contributed by atoms with Crippen molar-refractivity contribution in [3.05, 3.63) is 124 Å². The fourth-order valence-electron chi connectivity index (χ4n) is 6.16. The molecule has 11 nitrogen and oxygen atoms in total. The summed E-state index contributed by atoms with van der Waals surface area (Å²) >= 11 is 1.65. The highest BCUT2D eigenvalue weighted by molar-refractivity contribution is 7.99. The lowest BCUT2D eigenvalue weighted by Gasteiger charge is -2.42. The first-order valence-corrected chi connectivity index (χ1v) is 19.3. The first kappa shape index (κ1) is 37.8. The molecule has 1 fully saturated rings. The van der Waals surface area contributed by atoms with Gasteiger partial charge in [-0.25, -0.2) is 0 Å². The van der Waals surface area contributed by atoms with Crippen LogP contribution in [0, 0.1) is 10.1 Å². The molecular weight excluding hydrogens is 685 g/mol. The molecule has 4 aromatic rings. The van der Waals surface area contributed by atoms with Crippen LogP contribution in [0.15, 0.2) is 117 Å². The van der Waals surface area contributed by atoms with Crippen molar-refractivity contribution in [1.82, 2.24) is 4.90 Å². The van der Waals surface area contributed by atoms with Gasteiger partial charge < -0.3 is 25.6 Å². The van der Waals surface area contributed by atoms with Gasteiger partial charge in [0, 0.05) is 60.6 Å². The van der Waals surface area contributed by atoms with Crippen molar-refractivity contribution in [2.75, 3.05) is 56.8 Å². The molecular formula is C38H46N6O5S2. The van der Waals surface area contributed by atoms with Gasteiger partial charge in [0.05, 0.1) is 15.4 Å². The summed E-state index contributed by atoms with van der Waals surface area (Å²) in [5, 5.41) is 15.4. The Hall–Kier alpha value is -4.43. The van der Waals surface area contributed by atoms with Crippen LogP contribution in [-0.2, 0) is 21.2 Å². The molecule has 1 aliphatic rings. The molecule has 1 aliphatic heterocycles. The second-order valence-electron chi connectivity index (χ2n) is 13.0. The van der Waals surface area contributed by atoms with E-state index in [0.29, 0.717) is 11.3 Å². The van der Waals surface area contributed by atoms with Crippen molar-refractivity contribution in [3.8, 4) is 0 Å². The molecule has 13 heteroatoms. The number of thioether (sulfide) groups is 1. The van der Waals surface area contributed by atoms with Gasteiger partial charge in [-0.2, -0.15) is 8.42 Å². The lowest BCUT2D eigenvalue weighted by molar-refractivity contribution is -0.384. The van der Waals surface area contributed by atoms with Gasteiger partial charge in [0.25, 0.3) is 15.7 Å². The normalized spacial score (nSPS) is 15.5. The van der Waals surface area contributed by atoms with E-state index in [1.807, 2.05) is 74.8 Å². The lowest BCUT2D eigenvalue weighted by Crippen LogP contribution is -2.47.